The van der Waals surface area contributed by atoms with Crippen molar-refractivity contribution in [2.24, 2.45) is 5.73 Å². The quantitative estimate of drug-likeness (QED) is 0.878. The van der Waals surface area contributed by atoms with Crippen LogP contribution in [0.1, 0.15) is 19.3 Å². The first-order valence-electron chi connectivity index (χ1n) is 5.68. The second-order valence-corrected chi connectivity index (χ2v) is 6.26. The van der Waals surface area contributed by atoms with Crippen LogP contribution < -0.4 is 10.5 Å². The van der Waals surface area contributed by atoms with Gasteiger partial charge in [-0.15, -0.1) is 0 Å². The fourth-order valence-corrected chi connectivity index (χ4v) is 3.66. The maximum atomic E-state index is 13.5. The zero-order valence-electron chi connectivity index (χ0n) is 9.92. The third kappa shape index (κ3) is 2.60. The molecule has 2 rings (SSSR count). The van der Waals surface area contributed by atoms with Crippen LogP contribution in [0.4, 0.5) is 13.2 Å². The van der Waals surface area contributed by atoms with Crippen molar-refractivity contribution in [1.29, 1.82) is 0 Å². The summed E-state index contributed by atoms with van der Waals surface area (Å²) in [6, 6.07) is 0.654. The summed E-state index contributed by atoms with van der Waals surface area (Å²) < 4.78 is 65.9. The van der Waals surface area contributed by atoms with E-state index in [-0.39, 0.29) is 6.54 Å². The van der Waals surface area contributed by atoms with Crippen molar-refractivity contribution in [2.45, 2.75) is 29.7 Å². The predicted molar refractivity (Wildman–Crippen MR) is 62.3 cm³/mol. The summed E-state index contributed by atoms with van der Waals surface area (Å²) >= 11 is 0. The van der Waals surface area contributed by atoms with Crippen LogP contribution in [0.5, 0.6) is 0 Å². The Morgan fingerprint density at radius 1 is 1.21 bits per heavy atom. The number of sulfonamides is 1. The highest BCUT2D eigenvalue weighted by Gasteiger charge is 2.41. The molecule has 1 saturated carbocycles. The van der Waals surface area contributed by atoms with Crippen molar-refractivity contribution < 1.29 is 21.6 Å². The summed E-state index contributed by atoms with van der Waals surface area (Å²) in [7, 11) is -4.42. The van der Waals surface area contributed by atoms with E-state index in [0.29, 0.717) is 25.0 Å². The monoisotopic (exact) mass is 294 g/mol. The topological polar surface area (TPSA) is 72.2 Å². The molecule has 19 heavy (non-hydrogen) atoms. The van der Waals surface area contributed by atoms with Gasteiger partial charge in [0.25, 0.3) is 0 Å². The molecule has 0 unspecified atom stereocenters. The molecule has 0 atom stereocenters. The van der Waals surface area contributed by atoms with Crippen molar-refractivity contribution >= 4 is 10.0 Å². The lowest BCUT2D eigenvalue weighted by molar-refractivity contribution is 0.230. The number of nitrogens with one attached hydrogen (secondary N) is 1. The average molecular weight is 294 g/mol. The molecule has 0 radical (unpaired) electrons. The van der Waals surface area contributed by atoms with Crippen LogP contribution in [-0.2, 0) is 10.0 Å². The number of halogens is 3. The summed E-state index contributed by atoms with van der Waals surface area (Å²) in [5, 5.41) is 0. The second kappa shape index (κ2) is 4.77. The van der Waals surface area contributed by atoms with Crippen LogP contribution in [0, 0.1) is 17.5 Å². The zero-order chi connectivity index (χ0) is 14.3. The van der Waals surface area contributed by atoms with Crippen LogP contribution >= 0.6 is 0 Å². The normalized spacial score (nSPS) is 18.1. The van der Waals surface area contributed by atoms with Crippen molar-refractivity contribution in [2.75, 3.05) is 6.54 Å². The molecule has 0 saturated heterocycles. The summed E-state index contributed by atoms with van der Waals surface area (Å²) in [5.74, 6) is -4.10. The molecule has 1 aromatic rings. The Morgan fingerprint density at radius 2 is 1.74 bits per heavy atom. The van der Waals surface area contributed by atoms with Gasteiger partial charge >= 0.3 is 0 Å². The highest BCUT2D eigenvalue weighted by atomic mass is 32.2. The van der Waals surface area contributed by atoms with Gasteiger partial charge in [0.05, 0.1) is 0 Å². The Labute approximate surface area is 108 Å². The Morgan fingerprint density at radius 3 is 2.11 bits per heavy atom. The SMILES string of the molecule is NCC1(NS(=O)(=O)c2c(F)cc(F)cc2F)CCC1. The molecule has 0 spiro atoms. The maximum Gasteiger partial charge on any atom is 0.246 e. The molecular formula is C11H13F3N2O2S. The highest BCUT2D eigenvalue weighted by Crippen LogP contribution is 2.33. The van der Waals surface area contributed by atoms with Gasteiger partial charge in [0.15, 0.2) is 4.90 Å². The Kier molecular flexibility index (Phi) is 3.59. The molecule has 1 fully saturated rings. The van der Waals surface area contributed by atoms with Gasteiger partial charge in [-0.25, -0.2) is 26.3 Å². The Hall–Kier alpha value is -1.12. The zero-order valence-corrected chi connectivity index (χ0v) is 10.7. The van der Waals surface area contributed by atoms with Gasteiger partial charge in [0.1, 0.15) is 17.5 Å². The van der Waals surface area contributed by atoms with E-state index in [2.05, 4.69) is 4.72 Å². The predicted octanol–water partition coefficient (Wildman–Crippen LogP) is 1.26. The molecule has 106 valence electrons. The third-order valence-corrected chi connectivity index (χ3v) is 4.91. The number of nitrogens with two attached hydrogens (primary N) is 1. The van der Waals surface area contributed by atoms with Gasteiger partial charge in [0.2, 0.25) is 10.0 Å². The van der Waals surface area contributed by atoms with Gasteiger partial charge < -0.3 is 5.73 Å². The van der Waals surface area contributed by atoms with Crippen molar-refractivity contribution in [1.82, 2.24) is 4.72 Å². The largest absolute Gasteiger partial charge is 0.329 e. The molecule has 0 amide bonds. The first-order valence-corrected chi connectivity index (χ1v) is 7.17. The minimum Gasteiger partial charge on any atom is -0.329 e. The minimum absolute atomic E-state index is 0.0384. The van der Waals surface area contributed by atoms with E-state index in [4.69, 9.17) is 5.73 Å². The summed E-state index contributed by atoms with van der Waals surface area (Å²) in [6.07, 6.45) is 1.80. The molecule has 1 aliphatic rings. The fraction of sp³-hybridized carbons (Fsp3) is 0.455. The summed E-state index contributed by atoms with van der Waals surface area (Å²) in [6.45, 7) is 0.0384. The van der Waals surface area contributed by atoms with Crippen molar-refractivity contribution in [3.63, 3.8) is 0 Å². The molecule has 4 nitrogen and oxygen atoms in total. The van der Waals surface area contributed by atoms with E-state index in [1.807, 2.05) is 0 Å². The number of hydrogen-bond acceptors (Lipinski definition) is 3. The number of benzene rings is 1. The van der Waals surface area contributed by atoms with E-state index < -0.39 is 37.9 Å². The molecule has 1 aliphatic carbocycles. The average Bonchev–Trinajstić information content (AvgIpc) is 2.21. The lowest BCUT2D eigenvalue weighted by atomic mass is 9.78. The molecule has 0 aliphatic heterocycles. The van der Waals surface area contributed by atoms with E-state index in [1.165, 1.54) is 0 Å². The van der Waals surface area contributed by atoms with E-state index in [1.54, 1.807) is 0 Å². The van der Waals surface area contributed by atoms with E-state index >= 15 is 0 Å². The lowest BCUT2D eigenvalue weighted by Gasteiger charge is -2.41. The minimum atomic E-state index is -4.42. The van der Waals surface area contributed by atoms with Crippen LogP contribution in [0.15, 0.2) is 17.0 Å². The van der Waals surface area contributed by atoms with Gasteiger partial charge in [-0.1, -0.05) is 0 Å². The van der Waals surface area contributed by atoms with E-state index in [9.17, 15) is 21.6 Å². The van der Waals surface area contributed by atoms with Gasteiger partial charge in [-0.05, 0) is 19.3 Å². The molecule has 1 aromatic carbocycles. The van der Waals surface area contributed by atoms with Crippen molar-refractivity contribution in [3.8, 4) is 0 Å². The fourth-order valence-electron chi connectivity index (χ4n) is 2.07. The lowest BCUT2D eigenvalue weighted by Crippen LogP contribution is -2.58. The summed E-state index contributed by atoms with van der Waals surface area (Å²) in [5.41, 5.74) is 4.62. The van der Waals surface area contributed by atoms with Crippen LogP contribution in [0.2, 0.25) is 0 Å². The third-order valence-electron chi connectivity index (χ3n) is 3.28. The standard InChI is InChI=1S/C11H13F3N2O2S/c12-7-4-8(13)10(9(14)5-7)19(17,18)16-11(6-15)2-1-3-11/h4-5,16H,1-3,6,15H2. The van der Waals surface area contributed by atoms with Gasteiger partial charge in [-0.3, -0.25) is 0 Å². The highest BCUT2D eigenvalue weighted by molar-refractivity contribution is 7.89. The van der Waals surface area contributed by atoms with Crippen LogP contribution in [0.3, 0.4) is 0 Å². The summed E-state index contributed by atoms with van der Waals surface area (Å²) in [4.78, 5) is -1.17. The first-order chi connectivity index (χ1) is 8.80. The van der Waals surface area contributed by atoms with Gasteiger partial charge in [0, 0.05) is 24.2 Å². The number of hydrogen-bond donors (Lipinski definition) is 2. The molecule has 0 aromatic heterocycles. The Balaban J connectivity index is 2.40. The molecular weight excluding hydrogens is 281 g/mol. The maximum absolute atomic E-state index is 13.5. The van der Waals surface area contributed by atoms with E-state index in [0.717, 1.165) is 6.42 Å². The number of rotatable bonds is 4. The molecule has 0 bridgehead atoms. The molecule has 0 heterocycles. The van der Waals surface area contributed by atoms with Gasteiger partial charge in [-0.2, -0.15) is 0 Å². The second-order valence-electron chi connectivity index (χ2n) is 4.64. The van der Waals surface area contributed by atoms with Crippen LogP contribution in [-0.4, -0.2) is 20.5 Å². The van der Waals surface area contributed by atoms with Crippen LogP contribution in [0.25, 0.3) is 0 Å². The van der Waals surface area contributed by atoms with Crippen molar-refractivity contribution in [3.05, 3.63) is 29.6 Å². The smallest absolute Gasteiger partial charge is 0.246 e. The first kappa shape index (κ1) is 14.3. The molecule has 8 heteroatoms. The molecule has 3 N–H and O–H groups in total. The Bertz CT molecular complexity index is 571.